The van der Waals surface area contributed by atoms with Crippen molar-refractivity contribution in [2.75, 3.05) is 0 Å². The van der Waals surface area contributed by atoms with Crippen molar-refractivity contribution in [1.29, 1.82) is 5.26 Å². The molecule has 0 atom stereocenters. The van der Waals surface area contributed by atoms with Crippen LogP contribution in [0, 0.1) is 11.3 Å². The Hall–Kier alpha value is -3.66. The van der Waals surface area contributed by atoms with Gasteiger partial charge in [-0.1, -0.05) is 25.1 Å². The van der Waals surface area contributed by atoms with Crippen LogP contribution in [0.15, 0.2) is 47.7 Å². The zero-order chi connectivity index (χ0) is 19.8. The number of hydrogen-bond donors (Lipinski definition) is 1. The van der Waals surface area contributed by atoms with Gasteiger partial charge in [-0.2, -0.15) is 20.0 Å². The predicted molar refractivity (Wildman–Crippen MR) is 107 cm³/mol. The van der Waals surface area contributed by atoms with E-state index in [0.717, 1.165) is 22.4 Å². The van der Waals surface area contributed by atoms with Crippen molar-refractivity contribution in [3.63, 3.8) is 0 Å². The minimum Gasteiger partial charge on any atom is -0.338 e. The molecule has 0 aliphatic carbocycles. The highest BCUT2D eigenvalue weighted by Crippen LogP contribution is 2.27. The van der Waals surface area contributed by atoms with Gasteiger partial charge in [0, 0.05) is 23.4 Å². The van der Waals surface area contributed by atoms with Gasteiger partial charge in [-0.25, -0.2) is 0 Å². The van der Waals surface area contributed by atoms with Crippen molar-refractivity contribution in [1.82, 2.24) is 24.4 Å². The standard InChI is InChI=1S/C21H20N6O/c1-4-18-19(25-20-16(9-22)10-24-27(20)21(18)28)15-7-5-6-14(8-15)17-11-23-26(12-17)13(2)3/h5-8,10-13,25H,4H2,1-3H3. The van der Waals surface area contributed by atoms with Gasteiger partial charge in [-0.05, 0) is 37.5 Å². The van der Waals surface area contributed by atoms with Gasteiger partial charge in [0.1, 0.15) is 11.6 Å². The number of hydrogen-bond acceptors (Lipinski definition) is 4. The first kappa shape index (κ1) is 17.7. The molecule has 1 aromatic carbocycles. The first-order valence-corrected chi connectivity index (χ1v) is 9.21. The molecule has 0 radical (unpaired) electrons. The largest absolute Gasteiger partial charge is 0.338 e. The molecule has 0 spiro atoms. The second kappa shape index (κ2) is 6.82. The first-order chi connectivity index (χ1) is 13.5. The molecule has 140 valence electrons. The van der Waals surface area contributed by atoms with Crippen LogP contribution in [0.3, 0.4) is 0 Å². The molecule has 0 aliphatic rings. The van der Waals surface area contributed by atoms with Gasteiger partial charge >= 0.3 is 0 Å². The quantitative estimate of drug-likeness (QED) is 0.593. The summed E-state index contributed by atoms with van der Waals surface area (Å²) >= 11 is 0. The molecule has 0 saturated carbocycles. The third kappa shape index (κ3) is 2.79. The molecule has 0 bridgehead atoms. The van der Waals surface area contributed by atoms with E-state index in [1.54, 1.807) is 0 Å². The van der Waals surface area contributed by atoms with Crippen molar-refractivity contribution >= 4 is 5.65 Å². The molecule has 1 N–H and O–H groups in total. The molecule has 28 heavy (non-hydrogen) atoms. The Labute approximate surface area is 161 Å². The number of nitrogens with one attached hydrogen (secondary N) is 1. The molecule has 0 unspecified atom stereocenters. The molecule has 7 heteroatoms. The first-order valence-electron chi connectivity index (χ1n) is 9.21. The van der Waals surface area contributed by atoms with Gasteiger partial charge in [0.25, 0.3) is 5.56 Å². The van der Waals surface area contributed by atoms with Crippen LogP contribution in [0.5, 0.6) is 0 Å². The van der Waals surface area contributed by atoms with Gasteiger partial charge in [0.2, 0.25) is 0 Å². The van der Waals surface area contributed by atoms with Crippen LogP contribution in [-0.2, 0) is 6.42 Å². The number of H-pyrrole nitrogens is 1. The van der Waals surface area contributed by atoms with E-state index < -0.39 is 0 Å². The van der Waals surface area contributed by atoms with Crippen LogP contribution in [0.2, 0.25) is 0 Å². The number of benzene rings is 1. The Morgan fingerprint density at radius 3 is 2.64 bits per heavy atom. The van der Waals surface area contributed by atoms with Crippen molar-refractivity contribution < 1.29 is 0 Å². The van der Waals surface area contributed by atoms with E-state index in [9.17, 15) is 10.1 Å². The van der Waals surface area contributed by atoms with Crippen LogP contribution in [-0.4, -0.2) is 24.4 Å². The maximum absolute atomic E-state index is 12.9. The summed E-state index contributed by atoms with van der Waals surface area (Å²) in [5, 5.41) is 17.8. The Kier molecular flexibility index (Phi) is 4.32. The lowest BCUT2D eigenvalue weighted by molar-refractivity contribution is 0.532. The topological polar surface area (TPSA) is 91.8 Å². The fraction of sp³-hybridized carbons (Fsp3) is 0.238. The van der Waals surface area contributed by atoms with Crippen molar-refractivity contribution in [2.45, 2.75) is 33.2 Å². The van der Waals surface area contributed by atoms with E-state index in [1.807, 2.05) is 48.3 Å². The number of nitriles is 1. The summed E-state index contributed by atoms with van der Waals surface area (Å²) < 4.78 is 3.18. The van der Waals surface area contributed by atoms with Gasteiger partial charge in [-0.3, -0.25) is 9.48 Å². The van der Waals surface area contributed by atoms with Crippen LogP contribution in [0.4, 0.5) is 0 Å². The zero-order valence-corrected chi connectivity index (χ0v) is 16.0. The molecule has 4 aromatic rings. The minimum absolute atomic E-state index is 0.203. The van der Waals surface area contributed by atoms with Gasteiger partial charge in [0.15, 0.2) is 5.65 Å². The smallest absolute Gasteiger partial charge is 0.278 e. The highest BCUT2D eigenvalue weighted by atomic mass is 16.1. The summed E-state index contributed by atoms with van der Waals surface area (Å²) in [5.41, 5.74) is 4.82. The summed E-state index contributed by atoms with van der Waals surface area (Å²) in [6, 6.07) is 10.3. The molecule has 7 nitrogen and oxygen atoms in total. The fourth-order valence-electron chi connectivity index (χ4n) is 3.33. The number of rotatable bonds is 4. The normalized spacial score (nSPS) is 11.2. The summed E-state index contributed by atoms with van der Waals surface area (Å²) in [6.07, 6.45) is 5.82. The van der Waals surface area contributed by atoms with Gasteiger partial charge in [-0.15, -0.1) is 0 Å². The Balaban J connectivity index is 1.90. The SMILES string of the molecule is CCc1c(-c2cccc(-c3cnn(C(C)C)c3)c2)[nH]c2c(C#N)cnn2c1=O. The highest BCUT2D eigenvalue weighted by molar-refractivity contribution is 5.73. The second-order valence-corrected chi connectivity index (χ2v) is 6.95. The molecular weight excluding hydrogens is 352 g/mol. The van der Waals surface area contributed by atoms with E-state index in [4.69, 9.17) is 0 Å². The van der Waals surface area contributed by atoms with E-state index in [0.29, 0.717) is 23.2 Å². The average molecular weight is 372 g/mol. The monoisotopic (exact) mass is 372 g/mol. The average Bonchev–Trinajstić information content (AvgIpc) is 3.35. The van der Waals surface area contributed by atoms with Crippen molar-refractivity contribution in [3.8, 4) is 28.5 Å². The molecule has 3 aromatic heterocycles. The summed E-state index contributed by atoms with van der Waals surface area (Å²) in [7, 11) is 0. The Morgan fingerprint density at radius 1 is 1.18 bits per heavy atom. The summed E-state index contributed by atoms with van der Waals surface area (Å²) in [4.78, 5) is 16.1. The maximum atomic E-state index is 12.9. The third-order valence-electron chi connectivity index (χ3n) is 4.85. The van der Waals surface area contributed by atoms with E-state index in [1.165, 1.54) is 10.7 Å². The number of nitrogens with zero attached hydrogens (tertiary/aromatic N) is 5. The lowest BCUT2D eigenvalue weighted by Gasteiger charge is -2.10. The number of aromatic amines is 1. The molecule has 3 heterocycles. The van der Waals surface area contributed by atoms with Crippen molar-refractivity contribution in [2.24, 2.45) is 0 Å². The fourth-order valence-corrected chi connectivity index (χ4v) is 3.33. The van der Waals surface area contributed by atoms with Crippen LogP contribution >= 0.6 is 0 Å². The third-order valence-corrected chi connectivity index (χ3v) is 4.85. The summed E-state index contributed by atoms with van der Waals surface area (Å²) in [6.45, 7) is 6.10. The Morgan fingerprint density at radius 2 is 1.96 bits per heavy atom. The Bertz CT molecular complexity index is 1270. The van der Waals surface area contributed by atoms with E-state index >= 15 is 0 Å². The predicted octanol–water partition coefficient (Wildman–Crippen LogP) is 3.57. The molecule has 0 saturated heterocycles. The minimum atomic E-state index is -0.203. The maximum Gasteiger partial charge on any atom is 0.278 e. The van der Waals surface area contributed by atoms with E-state index in [2.05, 4.69) is 35.1 Å². The van der Waals surface area contributed by atoms with Crippen LogP contribution < -0.4 is 5.56 Å². The second-order valence-electron chi connectivity index (χ2n) is 6.95. The number of aromatic nitrogens is 5. The molecule has 0 amide bonds. The molecule has 0 fully saturated rings. The molecule has 0 aliphatic heterocycles. The van der Waals surface area contributed by atoms with Gasteiger partial charge < -0.3 is 4.98 Å². The lowest BCUT2D eigenvalue weighted by Crippen LogP contribution is -2.21. The van der Waals surface area contributed by atoms with Crippen LogP contribution in [0.1, 0.15) is 37.9 Å². The zero-order valence-electron chi connectivity index (χ0n) is 16.0. The summed E-state index contributed by atoms with van der Waals surface area (Å²) in [5.74, 6) is 0. The van der Waals surface area contributed by atoms with Gasteiger partial charge in [0.05, 0.1) is 18.1 Å². The lowest BCUT2D eigenvalue weighted by atomic mass is 10.0. The van der Waals surface area contributed by atoms with E-state index in [-0.39, 0.29) is 11.6 Å². The highest BCUT2D eigenvalue weighted by Gasteiger charge is 2.16. The molecule has 4 rings (SSSR count). The van der Waals surface area contributed by atoms with Crippen molar-refractivity contribution in [3.05, 3.63) is 64.3 Å². The number of fused-ring (bicyclic) bond motifs is 1. The van der Waals surface area contributed by atoms with Crippen LogP contribution in [0.25, 0.3) is 28.0 Å². The molecular formula is C21H20N6O.